The summed E-state index contributed by atoms with van der Waals surface area (Å²) in [5, 5.41) is 7.79. The summed E-state index contributed by atoms with van der Waals surface area (Å²) in [5.41, 5.74) is 6.79. The third-order valence-electron chi connectivity index (χ3n) is 0.571. The smallest absolute Gasteiger partial charge is 0.174 e. The van der Waals surface area contributed by atoms with Gasteiger partial charge in [-0.3, -0.25) is 0 Å². The minimum Gasteiger partial charge on any atom is -0.387 e. The second-order valence-corrected chi connectivity index (χ2v) is 2.38. The van der Waals surface area contributed by atoms with Crippen LogP contribution in [0.3, 0.4) is 0 Å². The number of hydrogen-bond donors (Lipinski definition) is 1. The molecule has 0 atom stereocenters. The van der Waals surface area contributed by atoms with Crippen molar-refractivity contribution < 1.29 is 0 Å². The van der Waals surface area contributed by atoms with Gasteiger partial charge in [0.15, 0.2) is 5.01 Å². The standard InChI is InChI=1S/C3H3N3S2/c4-2(7)3-6-5-1-8-3/h1H,(H2,4,7). The van der Waals surface area contributed by atoms with Gasteiger partial charge in [-0.1, -0.05) is 23.6 Å². The zero-order valence-electron chi connectivity index (χ0n) is 3.87. The van der Waals surface area contributed by atoms with Gasteiger partial charge in [0.25, 0.3) is 0 Å². The zero-order chi connectivity index (χ0) is 5.98. The molecule has 3 nitrogen and oxygen atoms in total. The lowest BCUT2D eigenvalue weighted by Crippen LogP contribution is -2.08. The lowest BCUT2D eigenvalue weighted by Gasteiger charge is -1.81. The van der Waals surface area contributed by atoms with E-state index in [1.165, 1.54) is 11.3 Å². The molecule has 2 N–H and O–H groups in total. The van der Waals surface area contributed by atoms with E-state index in [-0.39, 0.29) is 0 Å². The van der Waals surface area contributed by atoms with Gasteiger partial charge in [0.05, 0.1) is 0 Å². The summed E-state index contributed by atoms with van der Waals surface area (Å²) < 4.78 is 0. The van der Waals surface area contributed by atoms with Crippen molar-refractivity contribution in [3.05, 3.63) is 10.5 Å². The van der Waals surface area contributed by atoms with Crippen molar-refractivity contribution in [3.8, 4) is 0 Å². The number of aromatic nitrogens is 2. The monoisotopic (exact) mass is 145 g/mol. The lowest BCUT2D eigenvalue weighted by atomic mass is 10.7. The topological polar surface area (TPSA) is 51.8 Å². The molecule has 0 aliphatic rings. The Bertz CT molecular complexity index is 180. The minimum absolute atomic E-state index is 0.313. The zero-order valence-corrected chi connectivity index (χ0v) is 5.50. The molecule has 0 spiro atoms. The van der Waals surface area contributed by atoms with Crippen LogP contribution in [0.5, 0.6) is 0 Å². The Labute approximate surface area is 55.5 Å². The van der Waals surface area contributed by atoms with Crippen LogP contribution in [0, 0.1) is 0 Å². The Morgan fingerprint density at radius 3 is 2.88 bits per heavy atom. The molecule has 42 valence electrons. The number of thiocarbonyl (C=S) groups is 1. The molecule has 1 rings (SSSR count). The average Bonchev–Trinajstić information content (AvgIpc) is 2.12. The fraction of sp³-hybridized carbons (Fsp3) is 0. The fourth-order valence-corrected chi connectivity index (χ4v) is 0.870. The Morgan fingerprint density at radius 2 is 2.62 bits per heavy atom. The van der Waals surface area contributed by atoms with Crippen LogP contribution in [-0.2, 0) is 0 Å². The lowest BCUT2D eigenvalue weighted by molar-refractivity contribution is 1.08. The molecular formula is C3H3N3S2. The van der Waals surface area contributed by atoms with Crippen LogP contribution >= 0.6 is 23.6 Å². The van der Waals surface area contributed by atoms with E-state index in [1.54, 1.807) is 5.51 Å². The molecule has 0 bridgehead atoms. The summed E-state index contributed by atoms with van der Waals surface area (Å²) >= 11 is 5.94. The molecule has 0 fully saturated rings. The van der Waals surface area contributed by atoms with Crippen LogP contribution in [0.4, 0.5) is 0 Å². The van der Waals surface area contributed by atoms with E-state index in [0.717, 1.165) is 0 Å². The van der Waals surface area contributed by atoms with Crippen molar-refractivity contribution in [3.63, 3.8) is 0 Å². The highest BCUT2D eigenvalue weighted by Crippen LogP contribution is 1.98. The third-order valence-corrected chi connectivity index (χ3v) is 1.62. The van der Waals surface area contributed by atoms with Gasteiger partial charge in [0.2, 0.25) is 0 Å². The van der Waals surface area contributed by atoms with Crippen molar-refractivity contribution in [2.24, 2.45) is 5.73 Å². The molecule has 0 aromatic carbocycles. The van der Waals surface area contributed by atoms with Crippen molar-refractivity contribution in [1.82, 2.24) is 10.2 Å². The van der Waals surface area contributed by atoms with Crippen molar-refractivity contribution in [2.75, 3.05) is 0 Å². The fourth-order valence-electron chi connectivity index (χ4n) is 0.280. The largest absolute Gasteiger partial charge is 0.387 e. The van der Waals surface area contributed by atoms with Gasteiger partial charge in [-0.15, -0.1) is 10.2 Å². The van der Waals surface area contributed by atoms with E-state index in [4.69, 9.17) is 5.73 Å². The van der Waals surface area contributed by atoms with Crippen molar-refractivity contribution in [1.29, 1.82) is 0 Å². The van der Waals surface area contributed by atoms with Gasteiger partial charge < -0.3 is 5.73 Å². The average molecular weight is 145 g/mol. The van der Waals surface area contributed by atoms with Crippen LogP contribution in [0.15, 0.2) is 5.51 Å². The van der Waals surface area contributed by atoms with E-state index < -0.39 is 0 Å². The minimum atomic E-state index is 0.313. The molecular weight excluding hydrogens is 142 g/mol. The van der Waals surface area contributed by atoms with Gasteiger partial charge in [0, 0.05) is 0 Å². The first kappa shape index (κ1) is 5.58. The summed E-state index contributed by atoms with van der Waals surface area (Å²) in [6, 6.07) is 0. The number of rotatable bonds is 1. The van der Waals surface area contributed by atoms with Crippen LogP contribution in [0.25, 0.3) is 0 Å². The number of nitrogens with two attached hydrogens (primary N) is 1. The Kier molecular flexibility index (Phi) is 1.50. The van der Waals surface area contributed by atoms with Crippen molar-refractivity contribution in [2.45, 2.75) is 0 Å². The van der Waals surface area contributed by atoms with Crippen LogP contribution in [0.1, 0.15) is 5.01 Å². The summed E-state index contributed by atoms with van der Waals surface area (Å²) in [6.45, 7) is 0. The molecule has 0 saturated carbocycles. The van der Waals surface area contributed by atoms with Crippen LogP contribution in [0.2, 0.25) is 0 Å². The maximum Gasteiger partial charge on any atom is 0.174 e. The number of nitrogens with zero attached hydrogens (tertiary/aromatic N) is 2. The highest BCUT2D eigenvalue weighted by atomic mass is 32.1. The maximum absolute atomic E-state index is 5.20. The summed E-state index contributed by atoms with van der Waals surface area (Å²) in [7, 11) is 0. The van der Waals surface area contributed by atoms with E-state index in [0.29, 0.717) is 10.00 Å². The molecule has 0 saturated heterocycles. The second-order valence-electron chi connectivity index (χ2n) is 1.11. The molecule has 8 heavy (non-hydrogen) atoms. The predicted octanol–water partition coefficient (Wildman–Crippen LogP) is 0.172. The van der Waals surface area contributed by atoms with Gasteiger partial charge in [0.1, 0.15) is 10.5 Å². The first-order chi connectivity index (χ1) is 3.80. The molecule has 5 heteroatoms. The molecule has 0 amide bonds. The van der Waals surface area contributed by atoms with E-state index >= 15 is 0 Å². The van der Waals surface area contributed by atoms with Crippen LogP contribution < -0.4 is 5.73 Å². The molecule has 1 aromatic heterocycles. The van der Waals surface area contributed by atoms with E-state index in [1.807, 2.05) is 0 Å². The molecule has 0 radical (unpaired) electrons. The Hall–Kier alpha value is -0.550. The first-order valence-electron chi connectivity index (χ1n) is 1.86. The SMILES string of the molecule is NC(=S)c1nncs1. The predicted molar refractivity (Wildman–Crippen MR) is 35.8 cm³/mol. The van der Waals surface area contributed by atoms with Gasteiger partial charge >= 0.3 is 0 Å². The molecule has 0 unspecified atom stereocenters. The summed E-state index contributed by atoms with van der Waals surface area (Å²) in [6.07, 6.45) is 0. The van der Waals surface area contributed by atoms with Crippen LogP contribution in [-0.4, -0.2) is 15.2 Å². The molecule has 1 heterocycles. The van der Waals surface area contributed by atoms with E-state index in [9.17, 15) is 0 Å². The highest BCUT2D eigenvalue weighted by Gasteiger charge is 1.95. The van der Waals surface area contributed by atoms with Gasteiger partial charge in [-0.05, 0) is 0 Å². The van der Waals surface area contributed by atoms with Gasteiger partial charge in [-0.2, -0.15) is 0 Å². The Balaban J connectivity index is 2.93. The Morgan fingerprint density at radius 1 is 1.88 bits per heavy atom. The van der Waals surface area contributed by atoms with E-state index in [2.05, 4.69) is 22.4 Å². The van der Waals surface area contributed by atoms with Crippen molar-refractivity contribution >= 4 is 28.5 Å². The first-order valence-corrected chi connectivity index (χ1v) is 3.15. The third kappa shape index (κ3) is 0.988. The second kappa shape index (κ2) is 2.15. The normalized spacial score (nSPS) is 9.00. The highest BCUT2D eigenvalue weighted by molar-refractivity contribution is 7.81. The quantitative estimate of drug-likeness (QED) is 0.572. The summed E-state index contributed by atoms with van der Waals surface area (Å²) in [4.78, 5) is 0.313. The molecule has 0 aliphatic heterocycles. The summed E-state index contributed by atoms with van der Waals surface area (Å²) in [5.74, 6) is 0. The molecule has 1 aromatic rings. The number of hydrogen-bond acceptors (Lipinski definition) is 4. The maximum atomic E-state index is 5.20. The molecule has 0 aliphatic carbocycles. The van der Waals surface area contributed by atoms with Gasteiger partial charge in [-0.25, -0.2) is 0 Å².